The summed E-state index contributed by atoms with van der Waals surface area (Å²) in [6, 6.07) is 6.84. The summed E-state index contributed by atoms with van der Waals surface area (Å²) in [5.41, 5.74) is 7.86. The lowest BCUT2D eigenvalue weighted by Gasteiger charge is -2.35. The Morgan fingerprint density at radius 1 is 0.852 bits per heavy atom. The van der Waals surface area contributed by atoms with E-state index in [-0.39, 0.29) is 11.2 Å². The van der Waals surface area contributed by atoms with Crippen LogP contribution in [0.1, 0.15) is 60.5 Å². The number of hydrogen-bond donors (Lipinski definition) is 1. The molecule has 0 aliphatic carbocycles. The van der Waals surface area contributed by atoms with Gasteiger partial charge in [-0.3, -0.25) is 0 Å². The Balaban J connectivity index is 3.54. The second-order valence-electron chi connectivity index (χ2n) is 10.4. The quantitative estimate of drug-likeness (QED) is 0.686. The molecule has 0 aliphatic heterocycles. The van der Waals surface area contributed by atoms with Crippen molar-refractivity contribution in [3.8, 4) is 0 Å². The highest BCUT2D eigenvalue weighted by molar-refractivity contribution is 6.87. The zero-order valence-corrected chi connectivity index (χ0v) is 21.4. The van der Waals surface area contributed by atoms with E-state index < -0.39 is 16.6 Å². The van der Waals surface area contributed by atoms with Gasteiger partial charge in [0.1, 0.15) is 0 Å². The average molecular weight is 408 g/mol. The van der Waals surface area contributed by atoms with E-state index in [0.717, 1.165) is 17.7 Å². The van der Waals surface area contributed by atoms with Gasteiger partial charge in [-0.05, 0) is 96.2 Å². The van der Waals surface area contributed by atoms with Gasteiger partial charge in [0.2, 0.25) is 16.6 Å². The van der Waals surface area contributed by atoms with Gasteiger partial charge in [0.05, 0.1) is 0 Å². The van der Waals surface area contributed by atoms with Crippen LogP contribution in [-0.4, -0.2) is 27.8 Å². The molecule has 154 valence electrons. The van der Waals surface area contributed by atoms with Crippen molar-refractivity contribution in [2.45, 2.75) is 92.3 Å². The lowest BCUT2D eigenvalue weighted by molar-refractivity contribution is 0.125. The molecule has 0 heterocycles. The molecule has 0 radical (unpaired) electrons. The summed E-state index contributed by atoms with van der Waals surface area (Å²) in [6.45, 7) is 23.9. The molecule has 5 heteroatoms. The summed E-state index contributed by atoms with van der Waals surface area (Å²) >= 11 is 0. The van der Waals surface area contributed by atoms with Gasteiger partial charge in [0, 0.05) is 16.9 Å². The van der Waals surface area contributed by atoms with E-state index in [1.54, 1.807) is 0 Å². The molecule has 1 aromatic carbocycles. The highest BCUT2D eigenvalue weighted by atomic mass is 28.4. The van der Waals surface area contributed by atoms with Crippen LogP contribution in [0.2, 0.25) is 26.2 Å². The van der Waals surface area contributed by atoms with Crippen molar-refractivity contribution < 1.29 is 8.85 Å². The van der Waals surface area contributed by atoms with Crippen molar-refractivity contribution in [1.29, 1.82) is 0 Å². The van der Waals surface area contributed by atoms with Crippen LogP contribution in [0.5, 0.6) is 0 Å². The molecule has 0 fully saturated rings. The van der Waals surface area contributed by atoms with Crippen LogP contribution in [0.15, 0.2) is 23.9 Å². The minimum absolute atomic E-state index is 0.168. The molecule has 0 aliphatic rings. The smallest absolute Gasteiger partial charge is 0.218 e. The monoisotopic (exact) mass is 407 g/mol. The number of allylic oxidation sites excluding steroid dienone is 1. The fraction of sp³-hybridized carbons (Fsp3) is 0.636. The molecule has 0 unspecified atom stereocenters. The van der Waals surface area contributed by atoms with Crippen LogP contribution in [0.25, 0.3) is 6.08 Å². The molecule has 2 N–H and O–H groups in total. The first-order chi connectivity index (χ1) is 12.0. The van der Waals surface area contributed by atoms with Crippen molar-refractivity contribution >= 4 is 33.1 Å². The summed E-state index contributed by atoms with van der Waals surface area (Å²) in [4.78, 5) is 0. The van der Waals surface area contributed by atoms with E-state index >= 15 is 0 Å². The van der Waals surface area contributed by atoms with Gasteiger partial charge in [-0.15, -0.1) is 0 Å². The molecule has 27 heavy (non-hydrogen) atoms. The first-order valence-corrected chi connectivity index (χ1v) is 15.8. The SMILES string of the molecule is CC/C(N)=C/c1cc([Si](C)(C)OC(C)(C)C)cc([Si](C)(C)OC(C)(C)C)c1. The van der Waals surface area contributed by atoms with Crippen molar-refractivity contribution in [1.82, 2.24) is 0 Å². The highest BCUT2D eigenvalue weighted by Gasteiger charge is 2.35. The average Bonchev–Trinajstić information content (AvgIpc) is 2.41. The predicted molar refractivity (Wildman–Crippen MR) is 125 cm³/mol. The second-order valence-corrected chi connectivity index (χ2v) is 18.0. The number of rotatable bonds is 6. The summed E-state index contributed by atoms with van der Waals surface area (Å²) in [5, 5.41) is 2.59. The zero-order valence-electron chi connectivity index (χ0n) is 19.4. The van der Waals surface area contributed by atoms with E-state index in [2.05, 4.69) is 98.9 Å². The molecule has 0 atom stereocenters. The molecule has 0 saturated heterocycles. The largest absolute Gasteiger partial charge is 0.408 e. The lowest BCUT2D eigenvalue weighted by Crippen LogP contribution is -2.54. The van der Waals surface area contributed by atoms with Gasteiger partial charge in [-0.25, -0.2) is 0 Å². The normalized spacial score (nSPS) is 14.6. The summed E-state index contributed by atoms with van der Waals surface area (Å²) in [7, 11) is -4.16. The Kier molecular flexibility index (Phi) is 7.37. The first-order valence-electron chi connectivity index (χ1n) is 9.98. The molecule has 0 bridgehead atoms. The zero-order chi connectivity index (χ0) is 21.3. The van der Waals surface area contributed by atoms with Crippen LogP contribution >= 0.6 is 0 Å². The molecular formula is C22H41NO2Si2. The Labute approximate surface area is 169 Å². The van der Waals surface area contributed by atoms with Crippen molar-refractivity contribution in [3.05, 3.63) is 29.5 Å². The van der Waals surface area contributed by atoms with E-state index in [9.17, 15) is 0 Å². The standard InChI is InChI=1S/C22H41NO2Si2/c1-12-18(23)13-17-14-19(26(8,9)24-21(2,3)4)16-20(15-17)27(10,11)25-22(5,6)7/h13-16H,12,23H2,1-11H3/b18-13-. The maximum atomic E-state index is 6.53. The Bertz CT molecular complexity index is 634. The lowest BCUT2D eigenvalue weighted by atomic mass is 10.2. The first kappa shape index (κ1) is 24.2. The molecule has 0 amide bonds. The van der Waals surface area contributed by atoms with Gasteiger partial charge in [-0.2, -0.15) is 0 Å². The van der Waals surface area contributed by atoms with Crippen LogP contribution in [0, 0.1) is 0 Å². The molecule has 1 aromatic rings. The Morgan fingerprint density at radius 3 is 1.52 bits per heavy atom. The van der Waals surface area contributed by atoms with Crippen LogP contribution < -0.4 is 16.1 Å². The van der Waals surface area contributed by atoms with Crippen molar-refractivity contribution in [2.75, 3.05) is 0 Å². The molecule has 0 spiro atoms. The molecule has 1 rings (SSSR count). The molecular weight excluding hydrogens is 366 g/mol. The summed E-state index contributed by atoms with van der Waals surface area (Å²) in [6.07, 6.45) is 2.94. The third kappa shape index (κ3) is 7.94. The maximum Gasteiger partial charge on any atom is 0.218 e. The van der Waals surface area contributed by atoms with Gasteiger partial charge in [0.25, 0.3) is 0 Å². The van der Waals surface area contributed by atoms with E-state index in [0.29, 0.717) is 0 Å². The van der Waals surface area contributed by atoms with E-state index in [1.807, 2.05) is 0 Å². The number of benzene rings is 1. The fourth-order valence-electron chi connectivity index (χ4n) is 3.40. The maximum absolute atomic E-state index is 6.53. The third-order valence-electron chi connectivity index (χ3n) is 4.23. The minimum Gasteiger partial charge on any atom is -0.408 e. The van der Waals surface area contributed by atoms with Gasteiger partial charge in [0.15, 0.2) is 0 Å². The summed E-state index contributed by atoms with van der Waals surface area (Å²) < 4.78 is 13.1. The minimum atomic E-state index is -2.08. The van der Waals surface area contributed by atoms with Crippen LogP contribution in [0.4, 0.5) is 0 Å². The van der Waals surface area contributed by atoms with E-state index in [4.69, 9.17) is 14.6 Å². The van der Waals surface area contributed by atoms with Gasteiger partial charge in [-0.1, -0.05) is 25.1 Å². The van der Waals surface area contributed by atoms with Crippen molar-refractivity contribution in [3.63, 3.8) is 0 Å². The van der Waals surface area contributed by atoms with Crippen LogP contribution in [0.3, 0.4) is 0 Å². The second kappa shape index (κ2) is 8.23. The Hall–Kier alpha value is -0.886. The fourth-order valence-corrected chi connectivity index (χ4v) is 8.87. The van der Waals surface area contributed by atoms with Gasteiger partial charge < -0.3 is 14.6 Å². The summed E-state index contributed by atoms with van der Waals surface area (Å²) in [5.74, 6) is 0. The van der Waals surface area contributed by atoms with Crippen LogP contribution in [-0.2, 0) is 8.85 Å². The van der Waals surface area contributed by atoms with Crippen molar-refractivity contribution in [2.24, 2.45) is 5.73 Å². The Morgan fingerprint density at radius 2 is 1.22 bits per heavy atom. The van der Waals surface area contributed by atoms with Gasteiger partial charge >= 0.3 is 0 Å². The number of nitrogens with two attached hydrogens (primary N) is 1. The molecule has 0 aromatic heterocycles. The highest BCUT2D eigenvalue weighted by Crippen LogP contribution is 2.21. The third-order valence-corrected chi connectivity index (χ3v) is 9.83. The molecule has 0 saturated carbocycles. The predicted octanol–water partition coefficient (Wildman–Crippen LogP) is 4.85. The number of hydrogen-bond acceptors (Lipinski definition) is 3. The van der Waals surface area contributed by atoms with E-state index in [1.165, 1.54) is 10.4 Å². The molecule has 3 nitrogen and oxygen atoms in total. The topological polar surface area (TPSA) is 44.5 Å².